The number of hydrogen-bond acceptors (Lipinski definition) is 3. The first kappa shape index (κ1) is 21.8. The molecule has 1 aromatic carbocycles. The highest BCUT2D eigenvalue weighted by Gasteiger charge is 2.17. The molecule has 0 aliphatic heterocycles. The highest BCUT2D eigenvalue weighted by atomic mass is 16.5. The molecule has 1 rings (SSSR count). The number of unbranched alkanes of at least 4 members (excludes halogenated alkanes) is 2. The highest BCUT2D eigenvalue weighted by Crippen LogP contribution is 2.15. The van der Waals surface area contributed by atoms with Crippen LogP contribution in [0.2, 0.25) is 0 Å². The molecule has 0 saturated heterocycles. The van der Waals surface area contributed by atoms with Gasteiger partial charge in [-0.05, 0) is 38.3 Å². The second-order valence-corrected chi connectivity index (χ2v) is 6.61. The first-order valence-corrected chi connectivity index (χ1v) is 9.42. The van der Waals surface area contributed by atoms with Crippen molar-refractivity contribution < 1.29 is 14.3 Å². The molecule has 1 amide bonds. The monoisotopic (exact) mass is 357 g/mol. The molecule has 0 radical (unpaired) electrons. The predicted molar refractivity (Wildman–Crippen MR) is 104 cm³/mol. The quantitative estimate of drug-likeness (QED) is 0.376. The molecular weight excluding hydrogens is 326 g/mol. The van der Waals surface area contributed by atoms with Gasteiger partial charge in [0.15, 0.2) is 0 Å². The maximum absolute atomic E-state index is 12.5. The second-order valence-electron chi connectivity index (χ2n) is 6.61. The van der Waals surface area contributed by atoms with E-state index in [1.54, 1.807) is 0 Å². The van der Waals surface area contributed by atoms with Gasteiger partial charge in [0.2, 0.25) is 5.91 Å². The Morgan fingerprint density at radius 2 is 1.88 bits per heavy atom. The van der Waals surface area contributed by atoms with E-state index in [1.165, 1.54) is 7.11 Å². The van der Waals surface area contributed by atoms with Gasteiger partial charge in [-0.3, -0.25) is 9.59 Å². The molecule has 0 unspecified atom stereocenters. The summed E-state index contributed by atoms with van der Waals surface area (Å²) in [7, 11) is 1.40. The Balaban J connectivity index is 2.78. The van der Waals surface area contributed by atoms with E-state index in [0.717, 1.165) is 24.0 Å². The number of amides is 1. The van der Waals surface area contributed by atoms with Crippen molar-refractivity contribution in [3.63, 3.8) is 0 Å². The Hall–Kier alpha value is -2.28. The molecule has 0 N–H and O–H groups in total. The lowest BCUT2D eigenvalue weighted by Crippen LogP contribution is -2.36. The van der Waals surface area contributed by atoms with E-state index < -0.39 is 0 Å². The summed E-state index contributed by atoms with van der Waals surface area (Å²) in [6.45, 7) is 6.77. The van der Waals surface area contributed by atoms with E-state index in [-0.39, 0.29) is 17.9 Å². The SMILES string of the molecule is CCCCC(=O)N(Cc1ccccc1C#CCCCC(=O)OC)C(C)C. The van der Waals surface area contributed by atoms with Gasteiger partial charge in [-0.1, -0.05) is 43.4 Å². The van der Waals surface area contributed by atoms with Crippen LogP contribution in [0.15, 0.2) is 24.3 Å². The molecule has 0 bridgehead atoms. The van der Waals surface area contributed by atoms with Crippen molar-refractivity contribution in [2.45, 2.75) is 71.9 Å². The fraction of sp³-hybridized carbons (Fsp3) is 0.545. The van der Waals surface area contributed by atoms with Gasteiger partial charge in [0.05, 0.1) is 7.11 Å². The minimum atomic E-state index is -0.203. The Kier molecular flexibility index (Phi) is 10.2. The van der Waals surface area contributed by atoms with Crippen molar-refractivity contribution in [1.29, 1.82) is 0 Å². The molecule has 4 nitrogen and oxygen atoms in total. The Morgan fingerprint density at radius 1 is 1.15 bits per heavy atom. The minimum absolute atomic E-state index is 0.153. The molecule has 0 aliphatic carbocycles. The lowest BCUT2D eigenvalue weighted by molar-refractivity contribution is -0.140. The van der Waals surface area contributed by atoms with Gasteiger partial charge < -0.3 is 9.64 Å². The van der Waals surface area contributed by atoms with Crippen molar-refractivity contribution in [1.82, 2.24) is 4.90 Å². The number of ether oxygens (including phenoxy) is 1. The maximum Gasteiger partial charge on any atom is 0.305 e. The van der Waals surface area contributed by atoms with Crippen LogP contribution in [-0.2, 0) is 20.9 Å². The third kappa shape index (κ3) is 7.74. The minimum Gasteiger partial charge on any atom is -0.469 e. The zero-order valence-electron chi connectivity index (χ0n) is 16.5. The van der Waals surface area contributed by atoms with E-state index in [0.29, 0.717) is 32.2 Å². The molecule has 0 aliphatic rings. The van der Waals surface area contributed by atoms with Crippen LogP contribution in [0.1, 0.15) is 70.4 Å². The van der Waals surface area contributed by atoms with E-state index in [9.17, 15) is 9.59 Å². The number of benzene rings is 1. The number of carbonyl (C=O) groups excluding carboxylic acids is 2. The van der Waals surface area contributed by atoms with Crippen LogP contribution in [-0.4, -0.2) is 29.9 Å². The van der Waals surface area contributed by atoms with Crippen LogP contribution in [0.5, 0.6) is 0 Å². The van der Waals surface area contributed by atoms with E-state index in [2.05, 4.69) is 23.5 Å². The molecule has 0 aromatic heterocycles. The normalized spacial score (nSPS) is 10.2. The molecule has 0 saturated carbocycles. The Labute approximate surface area is 157 Å². The van der Waals surface area contributed by atoms with Crippen LogP contribution in [0, 0.1) is 11.8 Å². The van der Waals surface area contributed by atoms with Crippen molar-refractivity contribution in [2.75, 3.05) is 7.11 Å². The van der Waals surface area contributed by atoms with Gasteiger partial charge >= 0.3 is 5.97 Å². The maximum atomic E-state index is 12.5. The van der Waals surface area contributed by atoms with E-state index in [1.807, 2.05) is 43.0 Å². The summed E-state index contributed by atoms with van der Waals surface area (Å²) >= 11 is 0. The van der Waals surface area contributed by atoms with Gasteiger partial charge in [-0.2, -0.15) is 0 Å². The average Bonchev–Trinajstić information content (AvgIpc) is 2.64. The van der Waals surface area contributed by atoms with Gasteiger partial charge in [-0.25, -0.2) is 0 Å². The molecule has 142 valence electrons. The molecule has 0 atom stereocenters. The van der Waals surface area contributed by atoms with Crippen LogP contribution >= 0.6 is 0 Å². The van der Waals surface area contributed by atoms with Crippen LogP contribution < -0.4 is 0 Å². The number of hydrogen-bond donors (Lipinski definition) is 0. The summed E-state index contributed by atoms with van der Waals surface area (Å²) in [4.78, 5) is 25.5. The summed E-state index contributed by atoms with van der Waals surface area (Å²) in [6, 6.07) is 8.10. The molecule has 0 spiro atoms. The largest absolute Gasteiger partial charge is 0.469 e. The van der Waals surface area contributed by atoms with Crippen LogP contribution in [0.3, 0.4) is 0 Å². The van der Waals surface area contributed by atoms with Crippen LogP contribution in [0.4, 0.5) is 0 Å². The van der Waals surface area contributed by atoms with Crippen molar-refractivity contribution in [2.24, 2.45) is 0 Å². The second kappa shape index (κ2) is 12.1. The standard InChI is InChI=1S/C22H31NO3/c1-5-6-15-21(24)23(18(2)3)17-20-14-11-10-13-19(20)12-8-7-9-16-22(25)26-4/h10-11,13-14,18H,5-7,9,15-17H2,1-4H3. The van der Waals surface area contributed by atoms with E-state index >= 15 is 0 Å². The van der Waals surface area contributed by atoms with Gasteiger partial charge in [-0.15, -0.1) is 0 Å². The number of esters is 1. The lowest BCUT2D eigenvalue weighted by atomic mass is 10.1. The zero-order valence-corrected chi connectivity index (χ0v) is 16.5. The van der Waals surface area contributed by atoms with E-state index in [4.69, 9.17) is 0 Å². The fourth-order valence-electron chi connectivity index (χ4n) is 2.57. The fourth-order valence-corrected chi connectivity index (χ4v) is 2.57. The van der Waals surface area contributed by atoms with Gasteiger partial charge in [0.1, 0.15) is 0 Å². The topological polar surface area (TPSA) is 46.6 Å². The van der Waals surface area contributed by atoms with Crippen molar-refractivity contribution in [3.05, 3.63) is 35.4 Å². The first-order valence-electron chi connectivity index (χ1n) is 9.42. The number of carbonyl (C=O) groups is 2. The number of nitrogens with zero attached hydrogens (tertiary/aromatic N) is 1. The summed E-state index contributed by atoms with van der Waals surface area (Å²) in [5.41, 5.74) is 2.01. The number of rotatable bonds is 9. The molecule has 0 heterocycles. The van der Waals surface area contributed by atoms with Crippen molar-refractivity contribution >= 4 is 11.9 Å². The summed E-state index contributed by atoms with van der Waals surface area (Å²) < 4.78 is 4.63. The lowest BCUT2D eigenvalue weighted by Gasteiger charge is -2.27. The first-order chi connectivity index (χ1) is 12.5. The van der Waals surface area contributed by atoms with Gasteiger partial charge in [0.25, 0.3) is 0 Å². The zero-order chi connectivity index (χ0) is 19.4. The smallest absolute Gasteiger partial charge is 0.305 e. The third-order valence-corrected chi connectivity index (χ3v) is 4.18. The molecular formula is C22H31NO3. The molecule has 0 fully saturated rings. The molecule has 4 heteroatoms. The van der Waals surface area contributed by atoms with Crippen LogP contribution in [0.25, 0.3) is 0 Å². The number of methoxy groups -OCH3 is 1. The van der Waals surface area contributed by atoms with Gasteiger partial charge in [0, 0.05) is 37.4 Å². The third-order valence-electron chi connectivity index (χ3n) is 4.18. The van der Waals surface area contributed by atoms with Crippen molar-refractivity contribution in [3.8, 4) is 11.8 Å². The highest BCUT2D eigenvalue weighted by molar-refractivity contribution is 5.76. The molecule has 1 aromatic rings. The summed E-state index contributed by atoms with van der Waals surface area (Å²) in [6.07, 6.45) is 4.26. The summed E-state index contributed by atoms with van der Waals surface area (Å²) in [5, 5.41) is 0. The average molecular weight is 357 g/mol. The molecule has 26 heavy (non-hydrogen) atoms. The predicted octanol–water partition coefficient (Wildman–Crippen LogP) is 4.31. The summed E-state index contributed by atoms with van der Waals surface area (Å²) in [5.74, 6) is 6.31. The Bertz CT molecular complexity index is 640. The Morgan fingerprint density at radius 3 is 2.54 bits per heavy atom.